The van der Waals surface area contributed by atoms with Gasteiger partial charge >= 0.3 is 0 Å². The number of carbonyl (C=O) groups excluding carboxylic acids is 1. The summed E-state index contributed by atoms with van der Waals surface area (Å²) in [7, 11) is 0. The smallest absolute Gasteiger partial charge is 0.174 e. The molecule has 0 bridgehead atoms. The summed E-state index contributed by atoms with van der Waals surface area (Å²) in [6, 6.07) is 17.3. The third-order valence-electron chi connectivity index (χ3n) is 2.79. The Bertz CT molecular complexity index is 518. The molecule has 0 aliphatic carbocycles. The van der Waals surface area contributed by atoms with Crippen molar-refractivity contribution in [2.75, 3.05) is 6.61 Å². The predicted molar refractivity (Wildman–Crippen MR) is 71.8 cm³/mol. The number of ketones is 1. The molecule has 92 valence electrons. The molecule has 2 aromatic rings. The summed E-state index contributed by atoms with van der Waals surface area (Å²) in [4.78, 5) is 11.8. The van der Waals surface area contributed by atoms with E-state index in [0.29, 0.717) is 6.42 Å². The second-order valence-electron chi connectivity index (χ2n) is 4.24. The molecule has 0 aliphatic rings. The van der Waals surface area contributed by atoms with E-state index in [1.807, 2.05) is 61.5 Å². The molecule has 0 saturated heterocycles. The molecule has 2 heteroatoms. The first-order chi connectivity index (χ1) is 8.75. The van der Waals surface area contributed by atoms with Gasteiger partial charge in [0.2, 0.25) is 0 Å². The highest BCUT2D eigenvalue weighted by Crippen LogP contribution is 2.10. The molecular weight excluding hydrogens is 224 g/mol. The Balaban J connectivity index is 1.88. The van der Waals surface area contributed by atoms with E-state index in [4.69, 9.17) is 4.74 Å². The first-order valence-electron chi connectivity index (χ1n) is 6.00. The average molecular weight is 240 g/mol. The van der Waals surface area contributed by atoms with Crippen LogP contribution in [0.4, 0.5) is 0 Å². The van der Waals surface area contributed by atoms with Gasteiger partial charge in [-0.15, -0.1) is 0 Å². The lowest BCUT2D eigenvalue weighted by Gasteiger charge is -2.07. The van der Waals surface area contributed by atoms with E-state index < -0.39 is 0 Å². The normalized spacial score (nSPS) is 10.1. The Morgan fingerprint density at radius 2 is 1.67 bits per heavy atom. The summed E-state index contributed by atoms with van der Waals surface area (Å²) in [5.41, 5.74) is 2.21. The Hall–Kier alpha value is -2.09. The quantitative estimate of drug-likeness (QED) is 0.802. The molecule has 2 rings (SSSR count). The number of ether oxygens (including phenoxy) is 1. The van der Waals surface area contributed by atoms with Gasteiger partial charge in [0.15, 0.2) is 5.78 Å². The number of benzene rings is 2. The number of aryl methyl sites for hydroxylation is 1. The van der Waals surface area contributed by atoms with Gasteiger partial charge in [0.05, 0.1) is 0 Å². The van der Waals surface area contributed by atoms with Crippen LogP contribution in [0.5, 0.6) is 5.75 Å². The lowest BCUT2D eigenvalue weighted by Crippen LogP contribution is -2.14. The SMILES string of the molecule is Cc1ccccc1CC(=O)COc1ccccc1. The van der Waals surface area contributed by atoms with Crippen molar-refractivity contribution in [2.24, 2.45) is 0 Å². The number of hydrogen-bond acceptors (Lipinski definition) is 2. The van der Waals surface area contributed by atoms with Crippen molar-refractivity contribution in [2.45, 2.75) is 13.3 Å². The highest BCUT2D eigenvalue weighted by atomic mass is 16.5. The van der Waals surface area contributed by atoms with E-state index in [1.54, 1.807) is 0 Å². The Morgan fingerprint density at radius 1 is 1.00 bits per heavy atom. The maximum atomic E-state index is 11.8. The first-order valence-corrected chi connectivity index (χ1v) is 6.00. The van der Waals surface area contributed by atoms with E-state index in [-0.39, 0.29) is 12.4 Å². The van der Waals surface area contributed by atoms with Gasteiger partial charge in [-0.1, -0.05) is 42.5 Å². The average Bonchev–Trinajstić information content (AvgIpc) is 2.40. The number of hydrogen-bond donors (Lipinski definition) is 0. The van der Waals surface area contributed by atoms with E-state index in [2.05, 4.69) is 0 Å². The molecule has 0 N–H and O–H groups in total. The third-order valence-corrected chi connectivity index (χ3v) is 2.79. The van der Waals surface area contributed by atoms with Crippen LogP contribution in [0, 0.1) is 6.92 Å². The molecule has 0 amide bonds. The number of carbonyl (C=O) groups is 1. The lowest BCUT2D eigenvalue weighted by atomic mass is 10.0. The molecule has 0 aromatic heterocycles. The molecule has 0 atom stereocenters. The van der Waals surface area contributed by atoms with Gasteiger partial charge in [0, 0.05) is 6.42 Å². The fraction of sp³-hybridized carbons (Fsp3) is 0.188. The second-order valence-corrected chi connectivity index (χ2v) is 4.24. The minimum Gasteiger partial charge on any atom is -0.486 e. The van der Waals surface area contributed by atoms with Crippen LogP contribution < -0.4 is 4.74 Å². The molecule has 0 unspecified atom stereocenters. The molecule has 18 heavy (non-hydrogen) atoms. The maximum absolute atomic E-state index is 11.8. The summed E-state index contributed by atoms with van der Waals surface area (Å²) in [6.07, 6.45) is 0.430. The molecule has 0 saturated carbocycles. The lowest BCUT2D eigenvalue weighted by molar-refractivity contribution is -0.120. The highest BCUT2D eigenvalue weighted by Gasteiger charge is 2.06. The van der Waals surface area contributed by atoms with Crippen LogP contribution in [0.1, 0.15) is 11.1 Å². The van der Waals surface area contributed by atoms with Gasteiger partial charge in [0.1, 0.15) is 12.4 Å². The Morgan fingerprint density at radius 3 is 2.39 bits per heavy atom. The van der Waals surface area contributed by atoms with Crippen LogP contribution in [0.25, 0.3) is 0 Å². The minimum absolute atomic E-state index is 0.0909. The number of rotatable bonds is 5. The molecular formula is C16H16O2. The Labute approximate surface area is 107 Å². The van der Waals surface area contributed by atoms with E-state index in [9.17, 15) is 4.79 Å². The van der Waals surface area contributed by atoms with Crippen molar-refractivity contribution >= 4 is 5.78 Å². The van der Waals surface area contributed by atoms with Gasteiger partial charge in [-0.05, 0) is 30.2 Å². The molecule has 0 fully saturated rings. The molecule has 0 radical (unpaired) electrons. The van der Waals surface area contributed by atoms with Crippen LogP contribution in [0.3, 0.4) is 0 Å². The van der Waals surface area contributed by atoms with Gasteiger partial charge < -0.3 is 4.74 Å². The molecule has 2 nitrogen and oxygen atoms in total. The highest BCUT2D eigenvalue weighted by molar-refractivity contribution is 5.82. The predicted octanol–water partition coefficient (Wildman–Crippen LogP) is 3.19. The van der Waals surface area contributed by atoms with E-state index >= 15 is 0 Å². The van der Waals surface area contributed by atoms with Crippen molar-refractivity contribution < 1.29 is 9.53 Å². The van der Waals surface area contributed by atoms with Crippen molar-refractivity contribution in [1.82, 2.24) is 0 Å². The standard InChI is InChI=1S/C16H16O2/c1-13-7-5-6-8-14(13)11-15(17)12-18-16-9-3-2-4-10-16/h2-10H,11-12H2,1H3. The zero-order valence-electron chi connectivity index (χ0n) is 10.4. The molecule has 0 heterocycles. The maximum Gasteiger partial charge on any atom is 0.174 e. The Kier molecular flexibility index (Phi) is 4.13. The summed E-state index contributed by atoms with van der Waals surface area (Å²) in [5, 5.41) is 0. The topological polar surface area (TPSA) is 26.3 Å². The van der Waals surface area contributed by atoms with Crippen molar-refractivity contribution in [1.29, 1.82) is 0 Å². The van der Waals surface area contributed by atoms with Crippen LogP contribution in [-0.2, 0) is 11.2 Å². The van der Waals surface area contributed by atoms with E-state index in [0.717, 1.165) is 16.9 Å². The summed E-state index contributed by atoms with van der Waals surface area (Å²) < 4.78 is 5.43. The monoisotopic (exact) mass is 240 g/mol. The van der Waals surface area contributed by atoms with Crippen LogP contribution in [-0.4, -0.2) is 12.4 Å². The molecule has 0 spiro atoms. The molecule has 2 aromatic carbocycles. The summed E-state index contributed by atoms with van der Waals surface area (Å²) in [6.45, 7) is 2.14. The van der Waals surface area contributed by atoms with Gasteiger partial charge in [-0.3, -0.25) is 4.79 Å². The van der Waals surface area contributed by atoms with Crippen molar-refractivity contribution in [3.05, 3.63) is 65.7 Å². The van der Waals surface area contributed by atoms with Crippen molar-refractivity contribution in [3.8, 4) is 5.75 Å². The van der Waals surface area contributed by atoms with Gasteiger partial charge in [-0.25, -0.2) is 0 Å². The van der Waals surface area contributed by atoms with Gasteiger partial charge in [0.25, 0.3) is 0 Å². The number of para-hydroxylation sites is 1. The fourth-order valence-electron chi connectivity index (χ4n) is 1.75. The molecule has 0 aliphatic heterocycles. The minimum atomic E-state index is 0.0909. The second kappa shape index (κ2) is 6.01. The largest absolute Gasteiger partial charge is 0.486 e. The zero-order chi connectivity index (χ0) is 12.8. The summed E-state index contributed by atoms with van der Waals surface area (Å²) in [5.74, 6) is 0.823. The van der Waals surface area contributed by atoms with Gasteiger partial charge in [-0.2, -0.15) is 0 Å². The van der Waals surface area contributed by atoms with E-state index in [1.165, 1.54) is 0 Å². The third kappa shape index (κ3) is 3.45. The zero-order valence-corrected chi connectivity index (χ0v) is 10.4. The number of Topliss-reactive ketones (excluding diaryl/α,β-unsaturated/α-hetero) is 1. The van der Waals surface area contributed by atoms with Crippen molar-refractivity contribution in [3.63, 3.8) is 0 Å². The van der Waals surface area contributed by atoms with Crippen LogP contribution >= 0.6 is 0 Å². The first kappa shape index (κ1) is 12.4. The summed E-state index contributed by atoms with van der Waals surface area (Å²) >= 11 is 0. The van der Waals surface area contributed by atoms with Crippen LogP contribution in [0.15, 0.2) is 54.6 Å². The van der Waals surface area contributed by atoms with Crippen LogP contribution in [0.2, 0.25) is 0 Å². The fourth-order valence-corrected chi connectivity index (χ4v) is 1.75.